The first kappa shape index (κ1) is 17.3. The zero-order valence-corrected chi connectivity index (χ0v) is 15.1. The van der Waals surface area contributed by atoms with Gasteiger partial charge in [-0.3, -0.25) is 4.84 Å². The third kappa shape index (κ3) is 4.45. The molecule has 1 saturated carbocycles. The normalized spacial score (nSPS) is 27.9. The number of hydroxylamine groups is 2. The maximum atomic E-state index is 6.55. The first-order valence-corrected chi connectivity index (χ1v) is 9.32. The summed E-state index contributed by atoms with van der Waals surface area (Å²) in [6.45, 7) is 11.8. The molecule has 1 aliphatic carbocycles. The highest BCUT2D eigenvalue weighted by Gasteiger charge is 2.47. The first-order valence-electron chi connectivity index (χ1n) is 9.32. The topological polar surface area (TPSA) is 12.5 Å². The Balaban J connectivity index is 2.02. The Morgan fingerprint density at radius 3 is 2.05 bits per heavy atom. The van der Waals surface area contributed by atoms with Gasteiger partial charge >= 0.3 is 0 Å². The van der Waals surface area contributed by atoms with E-state index in [9.17, 15) is 0 Å². The Hall–Kier alpha value is -0.0800. The lowest BCUT2D eigenvalue weighted by molar-refractivity contribution is -0.314. The zero-order chi connectivity index (χ0) is 15.5. The van der Waals surface area contributed by atoms with Gasteiger partial charge in [0.05, 0.1) is 6.10 Å². The molecule has 0 bridgehead atoms. The fourth-order valence-corrected chi connectivity index (χ4v) is 4.77. The lowest BCUT2D eigenvalue weighted by atomic mass is 9.73. The van der Waals surface area contributed by atoms with Crippen LogP contribution in [0.5, 0.6) is 0 Å². The molecule has 2 aliphatic rings. The number of unbranched alkanes of at least 4 members (excludes halogenated alkanes) is 1. The van der Waals surface area contributed by atoms with Crippen LogP contribution in [0.3, 0.4) is 0 Å². The lowest BCUT2D eigenvalue weighted by Crippen LogP contribution is -2.61. The summed E-state index contributed by atoms with van der Waals surface area (Å²) in [7, 11) is 0. The molecule has 2 heteroatoms. The molecule has 124 valence electrons. The quantitative estimate of drug-likeness (QED) is 0.644. The van der Waals surface area contributed by atoms with E-state index < -0.39 is 0 Å². The van der Waals surface area contributed by atoms with E-state index >= 15 is 0 Å². The van der Waals surface area contributed by atoms with E-state index in [0.29, 0.717) is 6.10 Å². The Morgan fingerprint density at radius 1 is 0.952 bits per heavy atom. The number of piperidine rings is 1. The second kappa shape index (κ2) is 7.00. The van der Waals surface area contributed by atoms with Crippen LogP contribution in [0.2, 0.25) is 0 Å². The largest absolute Gasteiger partial charge is 0.295 e. The van der Waals surface area contributed by atoms with Gasteiger partial charge in [0.25, 0.3) is 0 Å². The van der Waals surface area contributed by atoms with Crippen molar-refractivity contribution in [3.8, 4) is 0 Å². The smallest absolute Gasteiger partial charge is 0.0793 e. The van der Waals surface area contributed by atoms with Gasteiger partial charge in [0.1, 0.15) is 0 Å². The zero-order valence-electron chi connectivity index (χ0n) is 15.1. The van der Waals surface area contributed by atoms with Crippen molar-refractivity contribution in [2.75, 3.05) is 0 Å². The van der Waals surface area contributed by atoms with Gasteiger partial charge < -0.3 is 0 Å². The molecule has 2 fully saturated rings. The molecule has 1 heterocycles. The van der Waals surface area contributed by atoms with Gasteiger partial charge in [-0.2, -0.15) is 5.06 Å². The monoisotopic (exact) mass is 295 g/mol. The molecule has 0 aromatic rings. The van der Waals surface area contributed by atoms with Crippen molar-refractivity contribution in [3.63, 3.8) is 0 Å². The summed E-state index contributed by atoms with van der Waals surface area (Å²) in [6.07, 6.45) is 13.7. The summed E-state index contributed by atoms with van der Waals surface area (Å²) < 4.78 is 0. The van der Waals surface area contributed by atoms with Crippen LogP contribution >= 0.6 is 0 Å². The van der Waals surface area contributed by atoms with Crippen LogP contribution in [0.15, 0.2) is 0 Å². The van der Waals surface area contributed by atoms with E-state index in [0.717, 1.165) is 5.92 Å². The molecule has 2 nitrogen and oxygen atoms in total. The van der Waals surface area contributed by atoms with E-state index in [2.05, 4.69) is 39.7 Å². The van der Waals surface area contributed by atoms with E-state index in [1.54, 1.807) is 0 Å². The third-order valence-electron chi connectivity index (χ3n) is 5.45. The highest BCUT2D eigenvalue weighted by molar-refractivity contribution is 4.96. The molecule has 1 aliphatic heterocycles. The van der Waals surface area contributed by atoms with E-state index in [4.69, 9.17) is 4.84 Å². The fraction of sp³-hybridized carbons (Fsp3) is 1.00. The van der Waals surface area contributed by atoms with Crippen molar-refractivity contribution in [1.82, 2.24) is 5.06 Å². The predicted octanol–water partition coefficient (Wildman–Crippen LogP) is 5.71. The van der Waals surface area contributed by atoms with Crippen molar-refractivity contribution >= 4 is 0 Å². The Kier molecular flexibility index (Phi) is 5.76. The third-order valence-corrected chi connectivity index (χ3v) is 5.45. The summed E-state index contributed by atoms with van der Waals surface area (Å²) in [5.74, 6) is 0.862. The predicted molar refractivity (Wildman–Crippen MR) is 90.2 cm³/mol. The van der Waals surface area contributed by atoms with Crippen molar-refractivity contribution in [2.45, 2.75) is 116 Å². The van der Waals surface area contributed by atoms with Crippen molar-refractivity contribution < 1.29 is 4.84 Å². The van der Waals surface area contributed by atoms with Crippen LogP contribution in [0, 0.1) is 5.92 Å². The van der Waals surface area contributed by atoms with Crippen LogP contribution in [-0.2, 0) is 4.84 Å². The molecule has 0 atom stereocenters. The van der Waals surface area contributed by atoms with Crippen molar-refractivity contribution in [3.05, 3.63) is 0 Å². The van der Waals surface area contributed by atoms with Gasteiger partial charge in [-0.15, -0.1) is 0 Å². The van der Waals surface area contributed by atoms with Gasteiger partial charge in [0, 0.05) is 11.1 Å². The summed E-state index contributed by atoms with van der Waals surface area (Å²) in [5.41, 5.74) is 0.329. The number of nitrogens with zero attached hydrogens (tertiary/aromatic N) is 1. The second-order valence-electron chi connectivity index (χ2n) is 8.70. The average Bonchev–Trinajstić information content (AvgIpc) is 2.41. The molecule has 2 rings (SSSR count). The minimum Gasteiger partial charge on any atom is -0.295 e. The first-order chi connectivity index (χ1) is 9.85. The number of rotatable bonds is 5. The summed E-state index contributed by atoms with van der Waals surface area (Å²) >= 11 is 0. The Morgan fingerprint density at radius 2 is 1.52 bits per heavy atom. The minimum absolute atomic E-state index is 0.164. The molecular formula is C19H37NO. The van der Waals surface area contributed by atoms with Crippen LogP contribution in [0.1, 0.15) is 98.8 Å². The molecule has 0 aromatic heterocycles. The highest BCUT2D eigenvalue weighted by atomic mass is 16.7. The summed E-state index contributed by atoms with van der Waals surface area (Å²) in [5, 5.41) is 2.39. The second-order valence-corrected chi connectivity index (χ2v) is 8.70. The molecule has 0 aromatic carbocycles. The Bertz CT molecular complexity index is 300. The van der Waals surface area contributed by atoms with Gasteiger partial charge in [-0.1, -0.05) is 45.4 Å². The average molecular weight is 296 g/mol. The van der Waals surface area contributed by atoms with Crippen LogP contribution in [0.25, 0.3) is 0 Å². The molecule has 0 N–H and O–H groups in total. The maximum absolute atomic E-state index is 6.55. The lowest BCUT2D eigenvalue weighted by Gasteiger charge is -2.55. The SMILES string of the molecule is CCCCC1CC(C)(C)N(OC2CCCCC2)C(C)(C)C1. The van der Waals surface area contributed by atoms with Gasteiger partial charge in [0.15, 0.2) is 0 Å². The van der Waals surface area contributed by atoms with Crippen LogP contribution < -0.4 is 0 Å². The van der Waals surface area contributed by atoms with Crippen molar-refractivity contribution in [1.29, 1.82) is 0 Å². The van der Waals surface area contributed by atoms with Crippen LogP contribution in [-0.4, -0.2) is 22.2 Å². The van der Waals surface area contributed by atoms with Crippen LogP contribution in [0.4, 0.5) is 0 Å². The van der Waals surface area contributed by atoms with E-state index in [-0.39, 0.29) is 11.1 Å². The van der Waals surface area contributed by atoms with Gasteiger partial charge in [0.2, 0.25) is 0 Å². The maximum Gasteiger partial charge on any atom is 0.0793 e. The fourth-order valence-electron chi connectivity index (χ4n) is 4.77. The molecule has 0 spiro atoms. The molecule has 0 unspecified atom stereocenters. The number of hydrogen-bond acceptors (Lipinski definition) is 2. The summed E-state index contributed by atoms with van der Waals surface area (Å²) in [6, 6.07) is 0. The number of hydrogen-bond donors (Lipinski definition) is 0. The molecular weight excluding hydrogens is 258 g/mol. The Labute approximate surface area is 132 Å². The van der Waals surface area contributed by atoms with Crippen molar-refractivity contribution in [2.24, 2.45) is 5.92 Å². The summed E-state index contributed by atoms with van der Waals surface area (Å²) in [4.78, 5) is 6.55. The molecule has 0 radical (unpaired) electrons. The highest BCUT2D eigenvalue weighted by Crippen LogP contribution is 2.44. The van der Waals surface area contributed by atoms with Gasteiger partial charge in [-0.25, -0.2) is 0 Å². The van der Waals surface area contributed by atoms with Gasteiger partial charge in [-0.05, 0) is 59.3 Å². The molecule has 21 heavy (non-hydrogen) atoms. The molecule has 0 amide bonds. The minimum atomic E-state index is 0.164. The standard InChI is InChI=1S/C19H37NO/c1-6-7-11-16-14-18(2,3)20(19(4,5)15-16)21-17-12-9-8-10-13-17/h16-17H,6-15H2,1-5H3. The van der Waals surface area contributed by atoms with E-state index in [1.165, 1.54) is 64.2 Å². The van der Waals surface area contributed by atoms with E-state index in [1.807, 2.05) is 0 Å². The molecule has 1 saturated heterocycles.